The summed E-state index contributed by atoms with van der Waals surface area (Å²) in [6.45, 7) is 0. The number of nitro benzene ring substituents is 1. The van der Waals surface area contributed by atoms with Crippen molar-refractivity contribution < 1.29 is 18.5 Å². The van der Waals surface area contributed by atoms with Gasteiger partial charge in [0.05, 0.1) is 21.9 Å². The molecule has 3 aromatic rings. The van der Waals surface area contributed by atoms with E-state index in [2.05, 4.69) is 0 Å². The Kier molecular flexibility index (Phi) is 3.36. The molecule has 0 radical (unpaired) electrons. The summed E-state index contributed by atoms with van der Waals surface area (Å²) < 4.78 is 19.1. The van der Waals surface area contributed by atoms with Crippen molar-refractivity contribution >= 4 is 22.6 Å². The molecule has 2 aromatic carbocycles. The standard InChI is InChI=1S/C18H11FN2O5/c1-20-15(9-2-5-11(6-3-9)21(24)25)14-16(22)12-8-10(19)4-7-13(12)26-17(14)18(20)23/h2-8,15H,1H3. The van der Waals surface area contributed by atoms with Crippen LogP contribution < -0.4 is 5.43 Å². The van der Waals surface area contributed by atoms with Crippen molar-refractivity contribution in [3.05, 3.63) is 85.5 Å². The first-order valence-corrected chi connectivity index (χ1v) is 7.66. The fraction of sp³-hybridized carbons (Fsp3) is 0.111. The molecule has 0 saturated heterocycles. The molecule has 0 spiro atoms. The first-order chi connectivity index (χ1) is 12.4. The predicted octanol–water partition coefficient (Wildman–Crippen LogP) is 3.02. The number of nitro groups is 1. The average molecular weight is 354 g/mol. The van der Waals surface area contributed by atoms with E-state index >= 15 is 0 Å². The highest BCUT2D eigenvalue weighted by Gasteiger charge is 2.40. The highest BCUT2D eigenvalue weighted by atomic mass is 19.1. The van der Waals surface area contributed by atoms with Crippen molar-refractivity contribution in [2.24, 2.45) is 0 Å². The number of nitrogens with zero attached hydrogens (tertiary/aromatic N) is 2. The van der Waals surface area contributed by atoms with Gasteiger partial charge in [0.2, 0.25) is 5.76 Å². The summed E-state index contributed by atoms with van der Waals surface area (Å²) in [5.74, 6) is -1.17. The third-order valence-corrected chi connectivity index (χ3v) is 4.48. The fourth-order valence-electron chi connectivity index (χ4n) is 3.23. The Morgan fingerprint density at radius 3 is 2.50 bits per heavy atom. The lowest BCUT2D eigenvalue weighted by atomic mass is 9.98. The van der Waals surface area contributed by atoms with Gasteiger partial charge in [0, 0.05) is 19.2 Å². The monoisotopic (exact) mass is 354 g/mol. The lowest BCUT2D eigenvalue weighted by Gasteiger charge is -2.20. The summed E-state index contributed by atoms with van der Waals surface area (Å²) in [7, 11) is 1.51. The molecule has 7 nitrogen and oxygen atoms in total. The third-order valence-electron chi connectivity index (χ3n) is 4.48. The number of benzene rings is 2. The lowest BCUT2D eigenvalue weighted by Crippen LogP contribution is -2.25. The largest absolute Gasteiger partial charge is 0.450 e. The van der Waals surface area contributed by atoms with Crippen LogP contribution in [0.15, 0.2) is 51.7 Å². The van der Waals surface area contributed by atoms with Crippen molar-refractivity contribution in [1.82, 2.24) is 4.90 Å². The molecule has 130 valence electrons. The maximum Gasteiger partial charge on any atom is 0.290 e. The Hall–Kier alpha value is -3.55. The molecular formula is C18H11FN2O5. The second-order valence-electron chi connectivity index (χ2n) is 5.98. The molecule has 0 aliphatic carbocycles. The first-order valence-electron chi connectivity index (χ1n) is 7.66. The van der Waals surface area contributed by atoms with Crippen molar-refractivity contribution in [2.45, 2.75) is 6.04 Å². The second kappa shape index (κ2) is 5.48. The van der Waals surface area contributed by atoms with Crippen molar-refractivity contribution in [3.63, 3.8) is 0 Å². The summed E-state index contributed by atoms with van der Waals surface area (Å²) in [6, 6.07) is 8.32. The Morgan fingerprint density at radius 1 is 1.15 bits per heavy atom. The summed E-state index contributed by atoms with van der Waals surface area (Å²) in [4.78, 5) is 37.0. The Balaban J connectivity index is 1.96. The number of halogens is 1. The van der Waals surface area contributed by atoms with Crippen molar-refractivity contribution in [1.29, 1.82) is 0 Å². The van der Waals surface area contributed by atoms with Crippen LogP contribution in [0.4, 0.5) is 10.1 Å². The SMILES string of the molecule is CN1C(=O)c2oc3ccc(F)cc3c(=O)c2C1c1ccc([N+](=O)[O-])cc1. The van der Waals surface area contributed by atoms with Gasteiger partial charge in [-0.3, -0.25) is 19.7 Å². The van der Waals surface area contributed by atoms with E-state index in [0.717, 1.165) is 12.1 Å². The quantitative estimate of drug-likeness (QED) is 0.521. The molecule has 0 N–H and O–H groups in total. The lowest BCUT2D eigenvalue weighted by molar-refractivity contribution is -0.384. The Morgan fingerprint density at radius 2 is 1.85 bits per heavy atom. The molecular weight excluding hydrogens is 343 g/mol. The van der Waals surface area contributed by atoms with Crippen molar-refractivity contribution in [2.75, 3.05) is 7.05 Å². The maximum absolute atomic E-state index is 13.5. The molecule has 1 aromatic heterocycles. The van der Waals surface area contributed by atoms with E-state index in [4.69, 9.17) is 4.42 Å². The molecule has 1 aliphatic heterocycles. The van der Waals surface area contributed by atoms with Gasteiger partial charge in [-0.25, -0.2) is 4.39 Å². The van der Waals surface area contributed by atoms with Gasteiger partial charge in [-0.1, -0.05) is 0 Å². The summed E-state index contributed by atoms with van der Waals surface area (Å²) in [5.41, 5.74) is 0.148. The van der Waals surface area contributed by atoms with Gasteiger partial charge in [-0.2, -0.15) is 0 Å². The van der Waals surface area contributed by atoms with E-state index in [1.807, 2.05) is 0 Å². The van der Waals surface area contributed by atoms with Gasteiger partial charge < -0.3 is 9.32 Å². The van der Waals surface area contributed by atoms with Crippen LogP contribution in [-0.2, 0) is 0 Å². The van der Waals surface area contributed by atoms with Gasteiger partial charge in [0.25, 0.3) is 11.6 Å². The van der Waals surface area contributed by atoms with E-state index in [1.165, 1.54) is 42.3 Å². The van der Waals surface area contributed by atoms with E-state index in [9.17, 15) is 24.1 Å². The number of rotatable bonds is 2. The number of carbonyl (C=O) groups excluding carboxylic acids is 1. The zero-order valence-electron chi connectivity index (χ0n) is 13.4. The smallest absolute Gasteiger partial charge is 0.290 e. The highest BCUT2D eigenvalue weighted by molar-refractivity contribution is 5.98. The molecule has 1 atom stereocenters. The average Bonchev–Trinajstić information content (AvgIpc) is 2.87. The molecule has 2 heterocycles. The second-order valence-corrected chi connectivity index (χ2v) is 5.98. The summed E-state index contributed by atoms with van der Waals surface area (Å²) >= 11 is 0. The molecule has 4 rings (SSSR count). The zero-order chi connectivity index (χ0) is 18.6. The van der Waals surface area contributed by atoms with Crippen LogP contribution in [0.1, 0.15) is 27.7 Å². The number of hydrogen-bond donors (Lipinski definition) is 0. The maximum atomic E-state index is 13.5. The minimum atomic E-state index is -0.762. The normalized spacial score (nSPS) is 16.2. The zero-order valence-corrected chi connectivity index (χ0v) is 13.4. The minimum Gasteiger partial charge on any atom is -0.450 e. The topological polar surface area (TPSA) is 93.7 Å². The van der Waals surface area contributed by atoms with Gasteiger partial charge in [0.15, 0.2) is 5.43 Å². The number of carbonyl (C=O) groups is 1. The molecule has 0 bridgehead atoms. The van der Waals surface area contributed by atoms with E-state index in [1.54, 1.807) is 0 Å². The van der Waals surface area contributed by atoms with Crippen LogP contribution in [0.2, 0.25) is 0 Å². The van der Waals surface area contributed by atoms with E-state index < -0.39 is 28.1 Å². The number of amides is 1. The Labute approximate surface area is 145 Å². The first kappa shape index (κ1) is 15.9. The molecule has 1 aliphatic rings. The van der Waals surface area contributed by atoms with E-state index in [-0.39, 0.29) is 28.0 Å². The van der Waals surface area contributed by atoms with Crippen LogP contribution in [0, 0.1) is 15.9 Å². The van der Waals surface area contributed by atoms with Crippen LogP contribution in [0.3, 0.4) is 0 Å². The number of non-ortho nitro benzene ring substituents is 1. The Bertz CT molecular complexity index is 1140. The molecule has 1 amide bonds. The molecule has 0 saturated carbocycles. The van der Waals surface area contributed by atoms with Crippen molar-refractivity contribution in [3.8, 4) is 0 Å². The predicted molar refractivity (Wildman–Crippen MR) is 89.5 cm³/mol. The molecule has 26 heavy (non-hydrogen) atoms. The van der Waals surface area contributed by atoms with Gasteiger partial charge >= 0.3 is 0 Å². The molecule has 1 unspecified atom stereocenters. The van der Waals surface area contributed by atoms with Gasteiger partial charge in [-0.15, -0.1) is 0 Å². The van der Waals surface area contributed by atoms with E-state index in [0.29, 0.717) is 5.56 Å². The summed E-state index contributed by atoms with van der Waals surface area (Å²) in [6.07, 6.45) is 0. The van der Waals surface area contributed by atoms with Gasteiger partial charge in [-0.05, 0) is 35.9 Å². The van der Waals surface area contributed by atoms with Crippen LogP contribution >= 0.6 is 0 Å². The van der Waals surface area contributed by atoms with Crippen LogP contribution in [0.25, 0.3) is 11.0 Å². The highest BCUT2D eigenvalue weighted by Crippen LogP contribution is 2.37. The summed E-state index contributed by atoms with van der Waals surface area (Å²) in [5, 5.41) is 10.9. The van der Waals surface area contributed by atoms with Crippen LogP contribution in [-0.4, -0.2) is 22.8 Å². The van der Waals surface area contributed by atoms with Gasteiger partial charge in [0.1, 0.15) is 11.4 Å². The fourth-order valence-corrected chi connectivity index (χ4v) is 3.23. The molecule has 0 fully saturated rings. The number of hydrogen-bond acceptors (Lipinski definition) is 5. The number of fused-ring (bicyclic) bond motifs is 2. The third kappa shape index (κ3) is 2.19. The molecule has 8 heteroatoms. The minimum absolute atomic E-state index is 0.0405. The van der Waals surface area contributed by atoms with Crippen LogP contribution in [0.5, 0.6) is 0 Å².